The lowest BCUT2D eigenvalue weighted by Gasteiger charge is -2.55. The van der Waals surface area contributed by atoms with Crippen molar-refractivity contribution in [1.29, 1.82) is 0 Å². The molecule has 2 saturated heterocycles. The molecule has 3 rings (SSSR count). The van der Waals surface area contributed by atoms with Crippen molar-refractivity contribution >= 4 is 11.9 Å². The highest BCUT2D eigenvalue weighted by atomic mass is 16.6. The van der Waals surface area contributed by atoms with E-state index < -0.39 is 22.8 Å². The summed E-state index contributed by atoms with van der Waals surface area (Å²) in [5.74, 6) is -2.56. The van der Waals surface area contributed by atoms with Crippen molar-refractivity contribution in [3.8, 4) is 0 Å². The monoisotopic (exact) mass is 282 g/mol. The van der Waals surface area contributed by atoms with E-state index in [0.29, 0.717) is 38.9 Å². The summed E-state index contributed by atoms with van der Waals surface area (Å²) in [4.78, 5) is 23.7. The number of hydrogen-bond acceptors (Lipinski definition) is 6. The first kappa shape index (κ1) is 13.8. The summed E-state index contributed by atoms with van der Waals surface area (Å²) in [7, 11) is 0. The van der Waals surface area contributed by atoms with Gasteiger partial charge in [-0.25, -0.2) is 0 Å². The smallest absolute Gasteiger partial charge is 0.0819 e. The Morgan fingerprint density at radius 2 is 1.25 bits per heavy atom. The van der Waals surface area contributed by atoms with E-state index in [1.807, 2.05) is 0 Å². The number of carboxylic acids is 2. The molecular formula is C14H18O6-2. The summed E-state index contributed by atoms with van der Waals surface area (Å²) in [5, 5.41) is 23.7. The van der Waals surface area contributed by atoms with Gasteiger partial charge in [0, 0.05) is 22.8 Å². The maximum Gasteiger partial charge on any atom is 0.0819 e. The number of aliphatic carboxylic acids is 2. The molecule has 0 spiro atoms. The molecule has 2 aliphatic heterocycles. The molecule has 0 radical (unpaired) electrons. The fourth-order valence-corrected chi connectivity index (χ4v) is 3.84. The van der Waals surface area contributed by atoms with Gasteiger partial charge >= 0.3 is 0 Å². The van der Waals surface area contributed by atoms with Crippen molar-refractivity contribution in [2.75, 3.05) is 13.2 Å². The number of carbonyl (C=O) groups is 2. The first-order chi connectivity index (χ1) is 9.50. The molecule has 6 nitrogen and oxygen atoms in total. The third kappa shape index (κ3) is 2.11. The number of carbonyl (C=O) groups excluding carboxylic acids is 2. The molecule has 1 saturated carbocycles. The zero-order valence-electron chi connectivity index (χ0n) is 11.3. The average molecular weight is 282 g/mol. The van der Waals surface area contributed by atoms with Gasteiger partial charge in [-0.3, -0.25) is 0 Å². The topological polar surface area (TPSA) is 105 Å². The maximum atomic E-state index is 11.9. The molecule has 0 aromatic rings. The van der Waals surface area contributed by atoms with Gasteiger partial charge in [-0.2, -0.15) is 0 Å². The molecular weight excluding hydrogens is 264 g/mol. The number of ether oxygens (including phenoxy) is 2. The van der Waals surface area contributed by atoms with Crippen molar-refractivity contribution in [1.82, 2.24) is 0 Å². The van der Waals surface area contributed by atoms with Gasteiger partial charge in [0.2, 0.25) is 0 Å². The van der Waals surface area contributed by atoms with E-state index in [1.165, 1.54) is 0 Å². The van der Waals surface area contributed by atoms with Crippen LogP contribution >= 0.6 is 0 Å². The quantitative estimate of drug-likeness (QED) is 0.555. The first-order valence-corrected chi connectivity index (χ1v) is 7.16. The van der Waals surface area contributed by atoms with Gasteiger partial charge in [0.1, 0.15) is 0 Å². The predicted octanol–water partition coefficient (Wildman–Crippen LogP) is -1.39. The van der Waals surface area contributed by atoms with Gasteiger partial charge in [0.15, 0.2) is 0 Å². The highest BCUT2D eigenvalue weighted by molar-refractivity contribution is 5.85. The largest absolute Gasteiger partial charge is 0.550 e. The molecule has 4 atom stereocenters. The normalized spacial score (nSPS) is 43.0. The van der Waals surface area contributed by atoms with E-state index in [-0.39, 0.29) is 25.0 Å². The summed E-state index contributed by atoms with van der Waals surface area (Å²) in [6.45, 7) is 0.996. The van der Waals surface area contributed by atoms with E-state index in [2.05, 4.69) is 0 Å². The van der Waals surface area contributed by atoms with Crippen LogP contribution in [0.15, 0.2) is 0 Å². The minimum absolute atomic E-state index is 0.162. The van der Waals surface area contributed by atoms with Crippen molar-refractivity contribution in [2.24, 2.45) is 10.8 Å². The molecule has 3 fully saturated rings. The molecule has 3 aliphatic rings. The lowest BCUT2D eigenvalue weighted by Crippen LogP contribution is -2.63. The zero-order valence-corrected chi connectivity index (χ0v) is 11.3. The van der Waals surface area contributed by atoms with Crippen LogP contribution in [-0.4, -0.2) is 37.4 Å². The third-order valence-electron chi connectivity index (χ3n) is 5.11. The van der Waals surface area contributed by atoms with Crippen LogP contribution < -0.4 is 10.2 Å². The molecule has 0 aromatic heterocycles. The van der Waals surface area contributed by atoms with Gasteiger partial charge in [-0.15, -0.1) is 0 Å². The Labute approximate surface area is 117 Å². The second kappa shape index (κ2) is 4.70. The highest BCUT2D eigenvalue weighted by Gasteiger charge is 2.58. The van der Waals surface area contributed by atoms with Crippen molar-refractivity contribution < 1.29 is 29.3 Å². The summed E-state index contributed by atoms with van der Waals surface area (Å²) in [6, 6.07) is 0. The fraction of sp³-hybridized carbons (Fsp3) is 0.857. The van der Waals surface area contributed by atoms with Gasteiger partial charge in [-0.1, -0.05) is 12.8 Å². The minimum atomic E-state index is -1.39. The van der Waals surface area contributed by atoms with E-state index in [9.17, 15) is 19.8 Å². The van der Waals surface area contributed by atoms with E-state index in [0.717, 1.165) is 0 Å². The number of carboxylic acid groups (broad SMARTS) is 2. The number of rotatable bonds is 6. The summed E-state index contributed by atoms with van der Waals surface area (Å²) >= 11 is 0. The standard InChI is InChI=1S/C14H20O6/c15-11(16)13(5-9-7-19-9)3-1-2-4-14(13,12(17)18)6-10-8-20-10/h9-10H,1-8H2,(H,15,16)(H,17,18)/p-2. The Morgan fingerprint density at radius 1 is 0.900 bits per heavy atom. The van der Waals surface area contributed by atoms with Crippen molar-refractivity contribution in [3.05, 3.63) is 0 Å². The van der Waals surface area contributed by atoms with Gasteiger partial charge in [0.05, 0.1) is 25.4 Å². The second-order valence-electron chi connectivity index (χ2n) is 6.27. The Hall–Kier alpha value is -1.14. The maximum absolute atomic E-state index is 11.9. The summed E-state index contributed by atoms with van der Waals surface area (Å²) in [5.41, 5.74) is -2.78. The minimum Gasteiger partial charge on any atom is -0.550 e. The number of hydrogen-bond donors (Lipinski definition) is 0. The van der Waals surface area contributed by atoms with Crippen molar-refractivity contribution in [2.45, 2.75) is 50.7 Å². The molecule has 0 bridgehead atoms. The Bertz CT molecular complexity index is 387. The van der Waals surface area contributed by atoms with E-state index >= 15 is 0 Å². The van der Waals surface area contributed by atoms with E-state index in [4.69, 9.17) is 9.47 Å². The van der Waals surface area contributed by atoms with Crippen LogP contribution in [0.25, 0.3) is 0 Å². The molecule has 4 unspecified atom stereocenters. The lowest BCUT2D eigenvalue weighted by atomic mass is 9.52. The van der Waals surface area contributed by atoms with Crippen LogP contribution in [0.3, 0.4) is 0 Å². The van der Waals surface area contributed by atoms with Gasteiger partial charge < -0.3 is 29.3 Å². The van der Waals surface area contributed by atoms with Crippen LogP contribution in [0.2, 0.25) is 0 Å². The van der Waals surface area contributed by atoms with Crippen LogP contribution in [0, 0.1) is 10.8 Å². The van der Waals surface area contributed by atoms with Crippen molar-refractivity contribution in [3.63, 3.8) is 0 Å². The summed E-state index contributed by atoms with van der Waals surface area (Å²) in [6.07, 6.45) is 2.11. The molecule has 0 aromatic carbocycles. The molecule has 112 valence electrons. The van der Waals surface area contributed by atoms with Crippen LogP contribution in [0.1, 0.15) is 38.5 Å². The average Bonchev–Trinajstić information content (AvgIpc) is 3.26. The number of epoxide rings is 2. The second-order valence-corrected chi connectivity index (χ2v) is 6.27. The SMILES string of the molecule is O=C([O-])C1(CC2CO2)CCCCC1(CC1CO1)C(=O)[O-]. The van der Waals surface area contributed by atoms with Gasteiger partial charge in [-0.05, 0) is 25.7 Å². The molecule has 0 amide bonds. The third-order valence-corrected chi connectivity index (χ3v) is 5.11. The fourth-order valence-electron chi connectivity index (χ4n) is 3.84. The molecule has 6 heteroatoms. The summed E-state index contributed by atoms with van der Waals surface area (Å²) < 4.78 is 10.3. The Balaban J connectivity index is 1.99. The molecule has 20 heavy (non-hydrogen) atoms. The van der Waals surface area contributed by atoms with Crippen LogP contribution in [-0.2, 0) is 19.1 Å². The molecule has 1 aliphatic carbocycles. The molecule has 2 heterocycles. The Kier molecular flexibility index (Phi) is 3.25. The van der Waals surface area contributed by atoms with E-state index in [1.54, 1.807) is 0 Å². The van der Waals surface area contributed by atoms with Gasteiger partial charge in [0.25, 0.3) is 0 Å². The lowest BCUT2D eigenvalue weighted by molar-refractivity contribution is -0.350. The predicted molar refractivity (Wildman–Crippen MR) is 62.1 cm³/mol. The Morgan fingerprint density at radius 3 is 1.50 bits per heavy atom. The molecule has 0 N–H and O–H groups in total. The zero-order chi connectivity index (χ0) is 14.4. The highest BCUT2D eigenvalue weighted by Crippen LogP contribution is 2.57. The van der Waals surface area contributed by atoms with Crippen LogP contribution in [0.4, 0.5) is 0 Å². The first-order valence-electron chi connectivity index (χ1n) is 7.16. The van der Waals surface area contributed by atoms with Crippen LogP contribution in [0.5, 0.6) is 0 Å².